The summed E-state index contributed by atoms with van der Waals surface area (Å²) in [4.78, 5) is 32.1. The van der Waals surface area contributed by atoms with Gasteiger partial charge in [0.25, 0.3) is 0 Å². The molecule has 1 aliphatic carbocycles. The molecule has 1 saturated heterocycles. The summed E-state index contributed by atoms with van der Waals surface area (Å²) in [5, 5.41) is 2.91. The zero-order valence-corrected chi connectivity index (χ0v) is 16.7. The number of thioether (sulfide) groups is 1. The van der Waals surface area contributed by atoms with Crippen LogP contribution in [0.5, 0.6) is 0 Å². The molecule has 1 atom stereocenters. The minimum absolute atomic E-state index is 0.0502. The largest absolute Gasteiger partial charge is 0.326 e. The van der Waals surface area contributed by atoms with Crippen molar-refractivity contribution < 1.29 is 14.0 Å². The molecule has 0 aromatic heterocycles. The van der Waals surface area contributed by atoms with Crippen LogP contribution in [-0.2, 0) is 9.59 Å². The van der Waals surface area contributed by atoms with E-state index in [1.807, 2.05) is 30.3 Å². The molecule has 7 heteroatoms. The Morgan fingerprint density at radius 2 is 1.79 bits per heavy atom. The molecule has 0 spiro atoms. The van der Waals surface area contributed by atoms with Crippen LogP contribution in [0.15, 0.2) is 59.6 Å². The van der Waals surface area contributed by atoms with Crippen LogP contribution in [0.4, 0.5) is 15.8 Å². The van der Waals surface area contributed by atoms with Crippen LogP contribution in [0.1, 0.15) is 32.1 Å². The number of rotatable bonds is 5. The lowest BCUT2D eigenvalue weighted by molar-refractivity contribution is -0.129. The number of para-hydroxylation sites is 1. The first-order valence-electron chi connectivity index (χ1n) is 9.79. The number of halogens is 1. The molecule has 4 rings (SSSR count). The molecule has 2 aromatic carbocycles. The maximum absolute atomic E-state index is 13.1. The smallest absolute Gasteiger partial charge is 0.242 e. The van der Waals surface area contributed by atoms with E-state index in [-0.39, 0.29) is 30.1 Å². The Balaban J connectivity index is 1.50. The number of carbonyl (C=O) groups is 2. The summed E-state index contributed by atoms with van der Waals surface area (Å²) in [7, 11) is 0. The molecular weight excluding hydrogens is 389 g/mol. The molecule has 1 N–H and O–H groups in total. The van der Waals surface area contributed by atoms with Gasteiger partial charge in [0.2, 0.25) is 11.8 Å². The maximum Gasteiger partial charge on any atom is 0.242 e. The second-order valence-corrected chi connectivity index (χ2v) is 8.41. The highest BCUT2D eigenvalue weighted by Crippen LogP contribution is 2.37. The van der Waals surface area contributed by atoms with Crippen LogP contribution in [0, 0.1) is 5.82 Å². The van der Waals surface area contributed by atoms with Crippen molar-refractivity contribution in [3.63, 3.8) is 0 Å². The van der Waals surface area contributed by atoms with Gasteiger partial charge in [0, 0.05) is 18.2 Å². The van der Waals surface area contributed by atoms with Crippen molar-refractivity contribution in [3.05, 3.63) is 60.4 Å². The standard InChI is InChI=1S/C22H22FN3O2S/c23-15-10-12-17(13-11-15)24-20(27)14-19-21(28)26(18-8-4-5-9-18)22(29-19)25-16-6-2-1-3-7-16/h1-3,6-7,10-13,18-19H,4-5,8-9,14H2,(H,24,27). The molecule has 1 aliphatic heterocycles. The van der Waals surface area contributed by atoms with Crippen molar-refractivity contribution >= 4 is 40.1 Å². The first-order valence-corrected chi connectivity index (χ1v) is 10.7. The van der Waals surface area contributed by atoms with Crippen LogP contribution >= 0.6 is 11.8 Å². The van der Waals surface area contributed by atoms with E-state index in [1.165, 1.54) is 36.0 Å². The van der Waals surface area contributed by atoms with Gasteiger partial charge in [0.15, 0.2) is 5.17 Å². The number of benzene rings is 2. The topological polar surface area (TPSA) is 61.8 Å². The fraction of sp³-hybridized carbons (Fsp3) is 0.318. The molecule has 29 heavy (non-hydrogen) atoms. The predicted octanol–water partition coefficient (Wildman–Crippen LogP) is 4.73. The Kier molecular flexibility index (Phi) is 5.94. The lowest BCUT2D eigenvalue weighted by Gasteiger charge is -2.23. The molecule has 5 nitrogen and oxygen atoms in total. The van der Waals surface area contributed by atoms with Gasteiger partial charge in [-0.05, 0) is 49.2 Å². The van der Waals surface area contributed by atoms with Crippen molar-refractivity contribution in [1.82, 2.24) is 4.90 Å². The minimum atomic E-state index is -0.501. The predicted molar refractivity (Wildman–Crippen MR) is 114 cm³/mol. The Labute approximate surface area is 173 Å². The van der Waals surface area contributed by atoms with Gasteiger partial charge < -0.3 is 5.32 Å². The normalized spacial score (nSPS) is 21.1. The van der Waals surface area contributed by atoms with Crippen molar-refractivity contribution in [2.75, 3.05) is 5.32 Å². The van der Waals surface area contributed by atoms with E-state index < -0.39 is 5.25 Å². The third-order valence-electron chi connectivity index (χ3n) is 5.14. The lowest BCUT2D eigenvalue weighted by Crippen LogP contribution is -2.40. The second-order valence-electron chi connectivity index (χ2n) is 7.24. The first kappa shape index (κ1) is 19.6. The van der Waals surface area contributed by atoms with Gasteiger partial charge in [-0.1, -0.05) is 42.8 Å². The Bertz CT molecular complexity index is 911. The van der Waals surface area contributed by atoms with Gasteiger partial charge in [-0.25, -0.2) is 9.38 Å². The van der Waals surface area contributed by atoms with Gasteiger partial charge in [-0.3, -0.25) is 14.5 Å². The Morgan fingerprint density at radius 3 is 2.48 bits per heavy atom. The second kappa shape index (κ2) is 8.78. The lowest BCUT2D eigenvalue weighted by atomic mass is 10.2. The molecule has 2 aromatic rings. The zero-order valence-electron chi connectivity index (χ0n) is 15.9. The number of hydrogen-bond acceptors (Lipinski definition) is 4. The summed E-state index contributed by atoms with van der Waals surface area (Å²) < 4.78 is 13.0. The van der Waals surface area contributed by atoms with Crippen LogP contribution in [0.25, 0.3) is 0 Å². The fourth-order valence-electron chi connectivity index (χ4n) is 3.72. The molecular formula is C22H22FN3O2S. The van der Waals surface area contributed by atoms with Gasteiger partial charge in [-0.15, -0.1) is 0 Å². The zero-order chi connectivity index (χ0) is 20.2. The van der Waals surface area contributed by atoms with Crippen LogP contribution in [0.2, 0.25) is 0 Å². The third kappa shape index (κ3) is 4.67. The van der Waals surface area contributed by atoms with Gasteiger partial charge in [0.05, 0.1) is 5.69 Å². The summed E-state index contributed by atoms with van der Waals surface area (Å²) in [5.41, 5.74) is 1.31. The van der Waals surface area contributed by atoms with E-state index in [4.69, 9.17) is 4.99 Å². The summed E-state index contributed by atoms with van der Waals surface area (Å²) in [5.74, 6) is -0.681. The average molecular weight is 412 g/mol. The van der Waals surface area contributed by atoms with Gasteiger partial charge in [-0.2, -0.15) is 0 Å². The highest BCUT2D eigenvalue weighted by molar-refractivity contribution is 8.15. The number of amidine groups is 1. The van der Waals surface area contributed by atoms with Crippen molar-refractivity contribution in [3.8, 4) is 0 Å². The molecule has 1 heterocycles. The van der Waals surface area contributed by atoms with Gasteiger partial charge in [0.1, 0.15) is 11.1 Å². The fourth-order valence-corrected chi connectivity index (χ4v) is 4.93. The summed E-state index contributed by atoms with van der Waals surface area (Å²) >= 11 is 1.36. The molecule has 1 unspecified atom stereocenters. The molecule has 0 bridgehead atoms. The summed E-state index contributed by atoms with van der Waals surface area (Å²) in [6, 6.07) is 15.3. The Hall–Kier alpha value is -2.67. The van der Waals surface area contributed by atoms with Crippen LogP contribution < -0.4 is 5.32 Å². The minimum Gasteiger partial charge on any atom is -0.326 e. The average Bonchev–Trinajstić information content (AvgIpc) is 3.33. The molecule has 1 saturated carbocycles. The third-order valence-corrected chi connectivity index (χ3v) is 6.29. The quantitative estimate of drug-likeness (QED) is 0.774. The van der Waals surface area contributed by atoms with Crippen molar-refractivity contribution in [2.24, 2.45) is 4.99 Å². The highest BCUT2D eigenvalue weighted by atomic mass is 32.2. The van der Waals surface area contributed by atoms with E-state index in [0.29, 0.717) is 10.9 Å². The first-order chi connectivity index (χ1) is 14.1. The van der Waals surface area contributed by atoms with Crippen molar-refractivity contribution in [1.29, 1.82) is 0 Å². The van der Waals surface area contributed by atoms with E-state index in [1.54, 1.807) is 4.90 Å². The number of aliphatic imine (C=N–C) groups is 1. The number of amides is 2. The van der Waals surface area contributed by atoms with Crippen LogP contribution in [-0.4, -0.2) is 33.2 Å². The number of nitrogens with one attached hydrogen (secondary N) is 1. The number of hydrogen-bond donors (Lipinski definition) is 1. The Morgan fingerprint density at radius 1 is 1.10 bits per heavy atom. The van der Waals surface area contributed by atoms with E-state index >= 15 is 0 Å². The maximum atomic E-state index is 13.1. The molecule has 150 valence electrons. The summed E-state index contributed by atoms with van der Waals surface area (Å²) in [6.07, 6.45) is 4.20. The van der Waals surface area contributed by atoms with E-state index in [2.05, 4.69) is 5.32 Å². The molecule has 2 fully saturated rings. The SMILES string of the molecule is O=C(CC1SC(=Nc2ccccc2)N(C2CCCC2)C1=O)Nc1ccc(F)cc1. The van der Waals surface area contributed by atoms with Crippen molar-refractivity contribution in [2.45, 2.75) is 43.4 Å². The van der Waals surface area contributed by atoms with E-state index in [0.717, 1.165) is 31.4 Å². The van der Waals surface area contributed by atoms with Gasteiger partial charge >= 0.3 is 0 Å². The monoisotopic (exact) mass is 411 g/mol. The molecule has 2 amide bonds. The number of nitrogens with zero attached hydrogens (tertiary/aromatic N) is 2. The molecule has 2 aliphatic rings. The summed E-state index contributed by atoms with van der Waals surface area (Å²) in [6.45, 7) is 0. The number of carbonyl (C=O) groups excluding carboxylic acids is 2. The van der Waals surface area contributed by atoms with Crippen LogP contribution in [0.3, 0.4) is 0 Å². The molecule has 0 radical (unpaired) electrons. The highest BCUT2D eigenvalue weighted by Gasteiger charge is 2.43. The number of anilines is 1. The van der Waals surface area contributed by atoms with E-state index in [9.17, 15) is 14.0 Å².